The van der Waals surface area contributed by atoms with Crippen LogP contribution in [0.3, 0.4) is 0 Å². The highest BCUT2D eigenvalue weighted by atomic mass is 16.5. The summed E-state index contributed by atoms with van der Waals surface area (Å²) in [7, 11) is 1.61. The molecule has 7 heteroatoms. The lowest BCUT2D eigenvalue weighted by Gasteiger charge is -2.32. The number of likely N-dealkylation sites (tertiary alicyclic amines) is 1. The third kappa shape index (κ3) is 6.90. The number of methoxy groups -OCH3 is 1. The van der Waals surface area contributed by atoms with Crippen molar-refractivity contribution in [3.63, 3.8) is 0 Å². The van der Waals surface area contributed by atoms with E-state index in [0.717, 1.165) is 18.4 Å². The van der Waals surface area contributed by atoms with Crippen molar-refractivity contribution in [3.8, 4) is 17.2 Å². The van der Waals surface area contributed by atoms with Gasteiger partial charge in [-0.15, -0.1) is 0 Å². The van der Waals surface area contributed by atoms with Gasteiger partial charge in [0.1, 0.15) is 5.75 Å². The van der Waals surface area contributed by atoms with Crippen molar-refractivity contribution in [3.05, 3.63) is 54.1 Å². The summed E-state index contributed by atoms with van der Waals surface area (Å²) in [6, 6.07) is 15.1. The summed E-state index contributed by atoms with van der Waals surface area (Å²) < 4.78 is 16.4. The van der Waals surface area contributed by atoms with Crippen LogP contribution in [-0.2, 0) is 16.0 Å². The summed E-state index contributed by atoms with van der Waals surface area (Å²) in [5.41, 5.74) is 1.04. The number of rotatable bonds is 10. The number of benzene rings is 2. The topological polar surface area (TPSA) is 77.1 Å². The second-order valence-electron chi connectivity index (χ2n) is 7.74. The smallest absolute Gasteiger partial charge is 0.258 e. The zero-order chi connectivity index (χ0) is 22.8. The fourth-order valence-corrected chi connectivity index (χ4v) is 3.76. The molecule has 0 radical (unpaired) electrons. The predicted molar refractivity (Wildman–Crippen MR) is 122 cm³/mol. The molecule has 7 nitrogen and oxygen atoms in total. The number of aryl methyl sites for hydroxylation is 1. The lowest BCUT2D eigenvalue weighted by atomic mass is 10.0. The van der Waals surface area contributed by atoms with Gasteiger partial charge in [0.25, 0.3) is 5.91 Å². The standard InChI is InChI=1S/C25H32N2O5/c1-3-31-22-11-9-19(17-23(22)30-2)10-12-25(29)27-15-13-20(14-16-27)26-24(28)18-32-21-7-5-4-6-8-21/h4-9,11,17,20H,3,10,12-16,18H2,1-2H3,(H,26,28). The van der Waals surface area contributed by atoms with Gasteiger partial charge >= 0.3 is 0 Å². The highest BCUT2D eigenvalue weighted by Gasteiger charge is 2.23. The van der Waals surface area contributed by atoms with Gasteiger partial charge in [0.2, 0.25) is 5.91 Å². The van der Waals surface area contributed by atoms with Gasteiger partial charge in [-0.3, -0.25) is 9.59 Å². The molecule has 3 rings (SSSR count). The highest BCUT2D eigenvalue weighted by molar-refractivity contribution is 5.78. The normalized spacial score (nSPS) is 14.0. The molecule has 0 unspecified atom stereocenters. The van der Waals surface area contributed by atoms with Gasteiger partial charge in [-0.2, -0.15) is 0 Å². The third-order valence-electron chi connectivity index (χ3n) is 5.48. The van der Waals surface area contributed by atoms with E-state index in [1.807, 2.05) is 60.4 Å². The maximum absolute atomic E-state index is 12.6. The molecular weight excluding hydrogens is 408 g/mol. The van der Waals surface area contributed by atoms with E-state index < -0.39 is 0 Å². The molecule has 0 atom stereocenters. The van der Waals surface area contributed by atoms with Gasteiger partial charge in [0.15, 0.2) is 18.1 Å². The Balaban J connectivity index is 1.38. The molecular formula is C25H32N2O5. The SMILES string of the molecule is CCOc1ccc(CCC(=O)N2CCC(NC(=O)COc3ccccc3)CC2)cc1OC. The molecule has 0 bridgehead atoms. The minimum atomic E-state index is -0.136. The molecule has 1 saturated heterocycles. The van der Waals surface area contributed by atoms with E-state index in [2.05, 4.69) is 5.32 Å². The first-order valence-electron chi connectivity index (χ1n) is 11.1. The first-order chi connectivity index (χ1) is 15.6. The van der Waals surface area contributed by atoms with E-state index in [9.17, 15) is 9.59 Å². The molecule has 1 fully saturated rings. The van der Waals surface area contributed by atoms with Crippen LogP contribution in [0.5, 0.6) is 17.2 Å². The van der Waals surface area contributed by atoms with Crippen LogP contribution in [-0.4, -0.2) is 56.2 Å². The molecule has 0 aromatic heterocycles. The van der Waals surface area contributed by atoms with E-state index in [0.29, 0.717) is 49.8 Å². The Morgan fingerprint density at radius 1 is 1.03 bits per heavy atom. The van der Waals surface area contributed by atoms with Crippen molar-refractivity contribution >= 4 is 11.8 Å². The number of carbonyl (C=O) groups is 2. The second kappa shape index (κ2) is 12.0. The Hall–Kier alpha value is -3.22. The van der Waals surface area contributed by atoms with Gasteiger partial charge < -0.3 is 24.4 Å². The summed E-state index contributed by atoms with van der Waals surface area (Å²) >= 11 is 0. The maximum Gasteiger partial charge on any atom is 0.258 e. The summed E-state index contributed by atoms with van der Waals surface area (Å²) in [5.74, 6) is 2.07. The van der Waals surface area contributed by atoms with E-state index in [1.165, 1.54) is 0 Å². The fourth-order valence-electron chi connectivity index (χ4n) is 3.76. The van der Waals surface area contributed by atoms with Crippen molar-refractivity contribution < 1.29 is 23.8 Å². The first kappa shape index (κ1) is 23.4. The van der Waals surface area contributed by atoms with Crippen molar-refractivity contribution in [2.24, 2.45) is 0 Å². The Kier molecular flexibility index (Phi) is 8.78. The zero-order valence-corrected chi connectivity index (χ0v) is 18.8. The highest BCUT2D eigenvalue weighted by Crippen LogP contribution is 2.28. The molecule has 1 aliphatic rings. The zero-order valence-electron chi connectivity index (χ0n) is 18.8. The van der Waals surface area contributed by atoms with Crippen molar-refractivity contribution in [1.29, 1.82) is 0 Å². The van der Waals surface area contributed by atoms with Crippen LogP contribution in [0.2, 0.25) is 0 Å². The lowest BCUT2D eigenvalue weighted by molar-refractivity contribution is -0.132. The van der Waals surface area contributed by atoms with E-state index in [1.54, 1.807) is 7.11 Å². The van der Waals surface area contributed by atoms with Crippen molar-refractivity contribution in [1.82, 2.24) is 10.2 Å². The van der Waals surface area contributed by atoms with Crippen LogP contribution in [0.1, 0.15) is 31.7 Å². The van der Waals surface area contributed by atoms with Crippen LogP contribution in [0.4, 0.5) is 0 Å². The number of nitrogens with one attached hydrogen (secondary N) is 1. The molecule has 0 aliphatic carbocycles. The summed E-state index contributed by atoms with van der Waals surface area (Å²) in [6.45, 7) is 3.80. The Bertz CT molecular complexity index is 879. The molecule has 1 N–H and O–H groups in total. The molecule has 0 saturated carbocycles. The van der Waals surface area contributed by atoms with Gasteiger partial charge in [-0.05, 0) is 56.0 Å². The summed E-state index contributed by atoms with van der Waals surface area (Å²) in [4.78, 5) is 26.7. The molecule has 2 amide bonds. The number of piperidine rings is 1. The van der Waals surface area contributed by atoms with E-state index in [4.69, 9.17) is 14.2 Å². The van der Waals surface area contributed by atoms with Crippen LogP contribution >= 0.6 is 0 Å². The number of amides is 2. The number of nitrogens with zero attached hydrogens (tertiary/aromatic N) is 1. The van der Waals surface area contributed by atoms with E-state index in [-0.39, 0.29) is 24.5 Å². The Morgan fingerprint density at radius 2 is 1.78 bits per heavy atom. The molecule has 32 heavy (non-hydrogen) atoms. The summed E-state index contributed by atoms with van der Waals surface area (Å²) in [6.07, 6.45) is 2.59. The summed E-state index contributed by atoms with van der Waals surface area (Å²) in [5, 5.41) is 3.01. The van der Waals surface area contributed by atoms with Crippen molar-refractivity contribution in [2.45, 2.75) is 38.6 Å². The van der Waals surface area contributed by atoms with Gasteiger partial charge in [-0.1, -0.05) is 24.3 Å². The minimum absolute atomic E-state index is 0.00525. The second-order valence-corrected chi connectivity index (χ2v) is 7.74. The molecule has 1 heterocycles. The number of hydrogen-bond acceptors (Lipinski definition) is 5. The number of hydrogen-bond donors (Lipinski definition) is 1. The van der Waals surface area contributed by atoms with Gasteiger partial charge in [-0.25, -0.2) is 0 Å². The molecule has 0 spiro atoms. The van der Waals surface area contributed by atoms with Crippen LogP contribution < -0.4 is 19.5 Å². The minimum Gasteiger partial charge on any atom is -0.493 e. The largest absolute Gasteiger partial charge is 0.493 e. The van der Waals surface area contributed by atoms with Crippen LogP contribution in [0, 0.1) is 0 Å². The average Bonchev–Trinajstić information content (AvgIpc) is 2.83. The monoisotopic (exact) mass is 440 g/mol. The number of para-hydroxylation sites is 1. The third-order valence-corrected chi connectivity index (χ3v) is 5.48. The lowest BCUT2D eigenvalue weighted by Crippen LogP contribution is -2.47. The molecule has 1 aliphatic heterocycles. The Morgan fingerprint density at radius 3 is 2.47 bits per heavy atom. The van der Waals surface area contributed by atoms with Crippen LogP contribution in [0.15, 0.2) is 48.5 Å². The molecule has 2 aromatic carbocycles. The fraction of sp³-hybridized carbons (Fsp3) is 0.440. The molecule has 2 aromatic rings. The molecule has 172 valence electrons. The van der Waals surface area contributed by atoms with Crippen LogP contribution in [0.25, 0.3) is 0 Å². The predicted octanol–water partition coefficient (Wildman–Crippen LogP) is 3.21. The number of carbonyl (C=O) groups excluding carboxylic acids is 2. The first-order valence-corrected chi connectivity index (χ1v) is 11.1. The average molecular weight is 441 g/mol. The van der Waals surface area contributed by atoms with E-state index >= 15 is 0 Å². The van der Waals surface area contributed by atoms with Gasteiger partial charge in [0, 0.05) is 25.6 Å². The maximum atomic E-state index is 12.6. The quantitative estimate of drug-likeness (QED) is 0.614. The van der Waals surface area contributed by atoms with Gasteiger partial charge in [0.05, 0.1) is 13.7 Å². The Labute approximate surface area is 189 Å². The number of ether oxygens (including phenoxy) is 3. The van der Waals surface area contributed by atoms with Crippen molar-refractivity contribution in [2.75, 3.05) is 33.4 Å².